The van der Waals surface area contributed by atoms with Crippen LogP contribution in [0.15, 0.2) is 24.3 Å². The first-order chi connectivity index (χ1) is 8.74. The summed E-state index contributed by atoms with van der Waals surface area (Å²) in [5, 5.41) is 8.73. The number of benzene rings is 1. The van der Waals surface area contributed by atoms with E-state index < -0.39 is 5.97 Å². The smallest absolute Gasteiger partial charge is 0.335 e. The standard InChI is InChI=1S/C13H19NO4/c14-7-1-8-17-9-2-10-18-12-5-3-11(4-6-12)13(15)16/h3-6H,1-2,7-10,14H2,(H,15,16). The van der Waals surface area contributed by atoms with Gasteiger partial charge in [-0.25, -0.2) is 4.79 Å². The van der Waals surface area contributed by atoms with Crippen molar-refractivity contribution in [2.45, 2.75) is 12.8 Å². The van der Waals surface area contributed by atoms with E-state index in [-0.39, 0.29) is 5.56 Å². The molecule has 1 aromatic carbocycles. The van der Waals surface area contributed by atoms with Crippen molar-refractivity contribution in [2.24, 2.45) is 5.73 Å². The molecule has 5 nitrogen and oxygen atoms in total. The summed E-state index contributed by atoms with van der Waals surface area (Å²) in [5.74, 6) is -0.267. The quantitative estimate of drug-likeness (QED) is 0.652. The molecule has 0 aliphatic rings. The van der Waals surface area contributed by atoms with E-state index in [1.54, 1.807) is 12.1 Å². The molecule has 0 aromatic heterocycles. The second kappa shape index (κ2) is 8.49. The molecule has 100 valence electrons. The monoisotopic (exact) mass is 253 g/mol. The fourth-order valence-electron chi connectivity index (χ4n) is 1.33. The van der Waals surface area contributed by atoms with Crippen molar-refractivity contribution in [3.63, 3.8) is 0 Å². The van der Waals surface area contributed by atoms with Gasteiger partial charge < -0.3 is 20.3 Å². The Bertz CT molecular complexity index is 351. The number of carboxylic acid groups (broad SMARTS) is 1. The Balaban J connectivity index is 2.14. The number of ether oxygens (including phenoxy) is 2. The van der Waals surface area contributed by atoms with E-state index in [0.717, 1.165) is 12.8 Å². The maximum absolute atomic E-state index is 10.6. The van der Waals surface area contributed by atoms with Gasteiger partial charge in [-0.1, -0.05) is 0 Å². The van der Waals surface area contributed by atoms with E-state index in [2.05, 4.69) is 0 Å². The minimum atomic E-state index is -0.935. The lowest BCUT2D eigenvalue weighted by molar-refractivity contribution is 0.0697. The van der Waals surface area contributed by atoms with E-state index in [0.29, 0.717) is 32.1 Å². The third-order valence-corrected chi connectivity index (χ3v) is 2.30. The predicted molar refractivity (Wildman–Crippen MR) is 68.0 cm³/mol. The molecule has 0 aliphatic carbocycles. The highest BCUT2D eigenvalue weighted by molar-refractivity contribution is 5.87. The summed E-state index contributed by atoms with van der Waals surface area (Å²) in [4.78, 5) is 10.6. The first kappa shape index (κ1) is 14.5. The first-order valence-electron chi connectivity index (χ1n) is 5.98. The van der Waals surface area contributed by atoms with E-state index in [1.165, 1.54) is 12.1 Å². The minimum Gasteiger partial charge on any atom is -0.494 e. The SMILES string of the molecule is NCCCOCCCOc1ccc(C(=O)O)cc1. The number of hydrogen-bond donors (Lipinski definition) is 2. The van der Waals surface area contributed by atoms with Gasteiger partial charge in [0.25, 0.3) is 0 Å². The largest absolute Gasteiger partial charge is 0.494 e. The highest BCUT2D eigenvalue weighted by Gasteiger charge is 2.01. The molecule has 1 aromatic rings. The Kier molecular flexibility index (Phi) is 6.83. The topological polar surface area (TPSA) is 81.8 Å². The van der Waals surface area contributed by atoms with Crippen molar-refractivity contribution in [1.29, 1.82) is 0 Å². The van der Waals surface area contributed by atoms with Crippen molar-refractivity contribution in [3.8, 4) is 5.75 Å². The van der Waals surface area contributed by atoms with Crippen LogP contribution in [0.2, 0.25) is 0 Å². The summed E-state index contributed by atoms with van der Waals surface area (Å²) in [6.07, 6.45) is 1.67. The van der Waals surface area contributed by atoms with Crippen LogP contribution in [0.25, 0.3) is 0 Å². The van der Waals surface area contributed by atoms with Gasteiger partial charge in [0.05, 0.1) is 12.2 Å². The Hall–Kier alpha value is -1.59. The lowest BCUT2D eigenvalue weighted by Crippen LogP contribution is -2.07. The molecular weight excluding hydrogens is 234 g/mol. The van der Waals surface area contributed by atoms with Crippen molar-refractivity contribution in [2.75, 3.05) is 26.4 Å². The average molecular weight is 253 g/mol. The molecule has 0 bridgehead atoms. The molecule has 5 heteroatoms. The number of hydrogen-bond acceptors (Lipinski definition) is 4. The molecule has 0 atom stereocenters. The summed E-state index contributed by atoms with van der Waals surface area (Å²) in [7, 11) is 0. The summed E-state index contributed by atoms with van der Waals surface area (Å²) < 4.78 is 10.8. The highest BCUT2D eigenvalue weighted by Crippen LogP contribution is 2.12. The second-order valence-corrected chi connectivity index (χ2v) is 3.79. The van der Waals surface area contributed by atoms with Gasteiger partial charge in [-0.3, -0.25) is 0 Å². The number of rotatable bonds is 9. The number of carboxylic acids is 1. The number of carbonyl (C=O) groups is 1. The van der Waals surface area contributed by atoms with Crippen LogP contribution in [0.3, 0.4) is 0 Å². The van der Waals surface area contributed by atoms with Crippen LogP contribution in [0.5, 0.6) is 5.75 Å². The molecule has 0 saturated heterocycles. The van der Waals surface area contributed by atoms with Gasteiger partial charge in [-0.05, 0) is 37.2 Å². The first-order valence-corrected chi connectivity index (χ1v) is 5.98. The Morgan fingerprint density at radius 3 is 2.39 bits per heavy atom. The summed E-state index contributed by atoms with van der Waals surface area (Å²) in [6, 6.07) is 6.35. The Labute approximate surface area is 107 Å². The maximum atomic E-state index is 10.6. The van der Waals surface area contributed by atoms with Crippen LogP contribution in [-0.4, -0.2) is 37.4 Å². The normalized spacial score (nSPS) is 10.3. The molecule has 0 amide bonds. The van der Waals surface area contributed by atoms with Crippen molar-refractivity contribution in [1.82, 2.24) is 0 Å². The van der Waals surface area contributed by atoms with Crippen molar-refractivity contribution in [3.05, 3.63) is 29.8 Å². The molecule has 0 heterocycles. The zero-order chi connectivity index (χ0) is 13.2. The summed E-state index contributed by atoms with van der Waals surface area (Å²) in [5.41, 5.74) is 5.59. The summed E-state index contributed by atoms with van der Waals surface area (Å²) >= 11 is 0. The zero-order valence-corrected chi connectivity index (χ0v) is 10.3. The third-order valence-electron chi connectivity index (χ3n) is 2.30. The second-order valence-electron chi connectivity index (χ2n) is 3.79. The van der Waals surface area contributed by atoms with Crippen LogP contribution < -0.4 is 10.5 Å². The molecule has 0 fully saturated rings. The molecule has 0 aliphatic heterocycles. The van der Waals surface area contributed by atoms with Crippen LogP contribution >= 0.6 is 0 Å². The molecule has 0 unspecified atom stereocenters. The van der Waals surface area contributed by atoms with E-state index in [4.69, 9.17) is 20.3 Å². The molecule has 3 N–H and O–H groups in total. The molecule has 0 spiro atoms. The average Bonchev–Trinajstić information content (AvgIpc) is 2.38. The van der Waals surface area contributed by atoms with Gasteiger partial charge in [0.2, 0.25) is 0 Å². The third kappa shape index (κ3) is 5.65. The predicted octanol–water partition coefficient (Wildman–Crippen LogP) is 1.52. The zero-order valence-electron chi connectivity index (χ0n) is 10.3. The van der Waals surface area contributed by atoms with Gasteiger partial charge in [-0.2, -0.15) is 0 Å². The van der Waals surface area contributed by atoms with Gasteiger partial charge >= 0.3 is 5.97 Å². The Morgan fingerprint density at radius 2 is 1.78 bits per heavy atom. The Morgan fingerprint density at radius 1 is 1.11 bits per heavy atom. The molecule has 18 heavy (non-hydrogen) atoms. The van der Waals surface area contributed by atoms with Gasteiger partial charge in [0, 0.05) is 19.6 Å². The van der Waals surface area contributed by atoms with Crippen LogP contribution in [0, 0.1) is 0 Å². The van der Waals surface area contributed by atoms with Crippen molar-refractivity contribution < 1.29 is 19.4 Å². The van der Waals surface area contributed by atoms with Crippen LogP contribution in [-0.2, 0) is 4.74 Å². The summed E-state index contributed by atoms with van der Waals surface area (Å²) in [6.45, 7) is 2.53. The fraction of sp³-hybridized carbons (Fsp3) is 0.462. The van der Waals surface area contributed by atoms with E-state index in [1.807, 2.05) is 0 Å². The maximum Gasteiger partial charge on any atom is 0.335 e. The van der Waals surface area contributed by atoms with Crippen LogP contribution in [0.4, 0.5) is 0 Å². The number of nitrogens with two attached hydrogens (primary N) is 1. The number of aromatic carboxylic acids is 1. The van der Waals surface area contributed by atoms with E-state index >= 15 is 0 Å². The van der Waals surface area contributed by atoms with Gasteiger partial charge in [-0.15, -0.1) is 0 Å². The molecule has 0 radical (unpaired) electrons. The minimum absolute atomic E-state index is 0.257. The van der Waals surface area contributed by atoms with Gasteiger partial charge in [0.15, 0.2) is 0 Å². The van der Waals surface area contributed by atoms with E-state index in [9.17, 15) is 4.79 Å². The highest BCUT2D eigenvalue weighted by atomic mass is 16.5. The fourth-order valence-corrected chi connectivity index (χ4v) is 1.33. The lowest BCUT2D eigenvalue weighted by atomic mass is 10.2. The molecule has 1 rings (SSSR count). The molecule has 0 saturated carbocycles. The van der Waals surface area contributed by atoms with Gasteiger partial charge in [0.1, 0.15) is 5.75 Å². The van der Waals surface area contributed by atoms with Crippen molar-refractivity contribution >= 4 is 5.97 Å². The van der Waals surface area contributed by atoms with Crippen LogP contribution in [0.1, 0.15) is 23.2 Å². The molecular formula is C13H19NO4. The lowest BCUT2D eigenvalue weighted by Gasteiger charge is -2.06.